The number of rotatable bonds is 7. The minimum atomic E-state index is -0.271. The van der Waals surface area contributed by atoms with E-state index in [9.17, 15) is 9.59 Å². The molecular formula is C22H23N3O3. The van der Waals surface area contributed by atoms with Crippen LogP contribution in [0.2, 0.25) is 0 Å². The number of nitrogens with one attached hydrogen (secondary N) is 1. The molecule has 1 N–H and O–H groups in total. The van der Waals surface area contributed by atoms with Crippen molar-refractivity contribution in [2.45, 2.75) is 27.2 Å². The van der Waals surface area contributed by atoms with Gasteiger partial charge in [0.2, 0.25) is 0 Å². The van der Waals surface area contributed by atoms with Crippen molar-refractivity contribution in [3.05, 3.63) is 71.5 Å². The van der Waals surface area contributed by atoms with Crippen LogP contribution in [0.4, 0.5) is 5.69 Å². The molecule has 0 radical (unpaired) electrons. The molecule has 3 aromatic rings. The van der Waals surface area contributed by atoms with E-state index in [-0.39, 0.29) is 18.3 Å². The molecule has 1 heterocycles. The van der Waals surface area contributed by atoms with Gasteiger partial charge in [-0.05, 0) is 50.2 Å². The number of Topliss-reactive ketones (excluding diaryl/α,β-unsaturated/α-hetero) is 1. The lowest BCUT2D eigenvalue weighted by molar-refractivity contribution is -0.118. The summed E-state index contributed by atoms with van der Waals surface area (Å²) in [5.41, 5.74) is 3.83. The minimum absolute atomic E-state index is 0.0747. The SMILES string of the molecule is CCC(=O)c1ccc(OCC(=O)Nc2c(C)nn(-c3ccccc3)c2C)cc1. The lowest BCUT2D eigenvalue weighted by Crippen LogP contribution is -2.21. The molecule has 1 amide bonds. The Morgan fingerprint density at radius 3 is 2.36 bits per heavy atom. The maximum Gasteiger partial charge on any atom is 0.262 e. The van der Waals surface area contributed by atoms with Crippen LogP contribution < -0.4 is 10.1 Å². The van der Waals surface area contributed by atoms with Crippen LogP contribution in [0.3, 0.4) is 0 Å². The summed E-state index contributed by atoms with van der Waals surface area (Å²) in [6, 6.07) is 16.5. The number of nitrogens with zero attached hydrogens (tertiary/aromatic N) is 2. The van der Waals surface area contributed by atoms with Crippen LogP contribution in [0.5, 0.6) is 5.75 Å². The highest BCUT2D eigenvalue weighted by Gasteiger charge is 2.15. The Morgan fingerprint density at radius 2 is 1.71 bits per heavy atom. The topological polar surface area (TPSA) is 73.2 Å². The zero-order chi connectivity index (χ0) is 20.1. The maximum absolute atomic E-state index is 12.3. The molecule has 0 spiro atoms. The number of anilines is 1. The fraction of sp³-hybridized carbons (Fsp3) is 0.227. The highest BCUT2D eigenvalue weighted by atomic mass is 16.5. The Labute approximate surface area is 164 Å². The smallest absolute Gasteiger partial charge is 0.262 e. The highest BCUT2D eigenvalue weighted by molar-refractivity contribution is 5.96. The molecule has 2 aromatic carbocycles. The van der Waals surface area contributed by atoms with E-state index in [1.165, 1.54) is 0 Å². The molecular weight excluding hydrogens is 354 g/mol. The van der Waals surface area contributed by atoms with E-state index in [1.54, 1.807) is 28.9 Å². The Hall–Kier alpha value is -3.41. The molecule has 0 aliphatic heterocycles. The highest BCUT2D eigenvalue weighted by Crippen LogP contribution is 2.22. The van der Waals surface area contributed by atoms with Crippen LogP contribution in [0, 0.1) is 13.8 Å². The molecule has 28 heavy (non-hydrogen) atoms. The van der Waals surface area contributed by atoms with Gasteiger partial charge in [-0.2, -0.15) is 5.10 Å². The first-order chi connectivity index (χ1) is 13.5. The third-order valence-corrected chi connectivity index (χ3v) is 4.42. The normalized spacial score (nSPS) is 10.5. The average Bonchev–Trinajstić information content (AvgIpc) is 3.01. The maximum atomic E-state index is 12.3. The molecule has 0 aliphatic rings. The van der Waals surface area contributed by atoms with Crippen LogP contribution in [-0.2, 0) is 4.79 Å². The Morgan fingerprint density at radius 1 is 1.04 bits per heavy atom. The second-order valence-corrected chi connectivity index (χ2v) is 6.43. The standard InChI is InChI=1S/C22H23N3O3/c1-4-20(26)17-10-12-19(13-11-17)28-14-21(27)23-22-15(2)24-25(16(22)3)18-8-6-5-7-9-18/h5-13H,4,14H2,1-3H3,(H,23,27). The number of aromatic nitrogens is 2. The van der Waals surface area contributed by atoms with E-state index in [0.29, 0.717) is 23.4 Å². The van der Waals surface area contributed by atoms with Crippen molar-refractivity contribution in [1.82, 2.24) is 9.78 Å². The zero-order valence-electron chi connectivity index (χ0n) is 16.2. The van der Waals surface area contributed by atoms with Gasteiger partial charge in [0.15, 0.2) is 12.4 Å². The van der Waals surface area contributed by atoms with Gasteiger partial charge in [0.25, 0.3) is 5.91 Å². The van der Waals surface area contributed by atoms with Crippen molar-refractivity contribution in [2.24, 2.45) is 0 Å². The van der Waals surface area contributed by atoms with Gasteiger partial charge in [0, 0.05) is 12.0 Å². The van der Waals surface area contributed by atoms with Crippen LogP contribution in [-0.4, -0.2) is 28.1 Å². The van der Waals surface area contributed by atoms with Gasteiger partial charge in [-0.1, -0.05) is 25.1 Å². The van der Waals surface area contributed by atoms with Gasteiger partial charge in [0.1, 0.15) is 5.75 Å². The monoisotopic (exact) mass is 377 g/mol. The lowest BCUT2D eigenvalue weighted by Gasteiger charge is -2.09. The number of aryl methyl sites for hydroxylation is 1. The molecule has 144 valence electrons. The Kier molecular flexibility index (Phi) is 5.89. The van der Waals surface area contributed by atoms with Crippen LogP contribution in [0.1, 0.15) is 35.1 Å². The molecule has 0 unspecified atom stereocenters. The molecule has 0 bridgehead atoms. The fourth-order valence-electron chi connectivity index (χ4n) is 2.91. The number of ketones is 1. The first-order valence-corrected chi connectivity index (χ1v) is 9.17. The molecule has 3 rings (SSSR count). The number of carbonyl (C=O) groups excluding carboxylic acids is 2. The molecule has 6 nitrogen and oxygen atoms in total. The number of amides is 1. The number of para-hydroxylation sites is 1. The average molecular weight is 377 g/mol. The van der Waals surface area contributed by atoms with Gasteiger partial charge >= 0.3 is 0 Å². The van der Waals surface area contributed by atoms with E-state index in [0.717, 1.165) is 17.1 Å². The zero-order valence-corrected chi connectivity index (χ0v) is 16.2. The molecule has 0 saturated carbocycles. The molecule has 0 saturated heterocycles. The van der Waals surface area contributed by atoms with Crippen LogP contribution >= 0.6 is 0 Å². The number of hydrogen-bond acceptors (Lipinski definition) is 4. The van der Waals surface area contributed by atoms with Crippen LogP contribution in [0.25, 0.3) is 5.69 Å². The number of hydrogen-bond donors (Lipinski definition) is 1. The summed E-state index contributed by atoms with van der Waals surface area (Å²) in [5.74, 6) is 0.342. The summed E-state index contributed by atoms with van der Waals surface area (Å²) < 4.78 is 7.33. The summed E-state index contributed by atoms with van der Waals surface area (Å²) in [7, 11) is 0. The van der Waals surface area contributed by atoms with Crippen molar-refractivity contribution in [3.63, 3.8) is 0 Å². The Balaban J connectivity index is 1.64. The summed E-state index contributed by atoms with van der Waals surface area (Å²) >= 11 is 0. The quantitative estimate of drug-likeness (QED) is 0.629. The van der Waals surface area contributed by atoms with Crippen molar-refractivity contribution in [1.29, 1.82) is 0 Å². The van der Waals surface area contributed by atoms with Crippen molar-refractivity contribution in [3.8, 4) is 11.4 Å². The van der Waals surface area contributed by atoms with Gasteiger partial charge in [0.05, 0.1) is 22.8 Å². The molecule has 6 heteroatoms. The molecule has 0 fully saturated rings. The molecule has 1 aromatic heterocycles. The van der Waals surface area contributed by atoms with Crippen molar-refractivity contribution in [2.75, 3.05) is 11.9 Å². The van der Waals surface area contributed by atoms with Gasteiger partial charge in [-0.3, -0.25) is 9.59 Å². The van der Waals surface area contributed by atoms with Gasteiger partial charge in [-0.15, -0.1) is 0 Å². The first kappa shape index (κ1) is 19.4. The second-order valence-electron chi connectivity index (χ2n) is 6.43. The summed E-state index contributed by atoms with van der Waals surface area (Å²) in [6.07, 6.45) is 0.456. The minimum Gasteiger partial charge on any atom is -0.484 e. The number of ether oxygens (including phenoxy) is 1. The van der Waals surface area contributed by atoms with E-state index >= 15 is 0 Å². The van der Waals surface area contributed by atoms with E-state index < -0.39 is 0 Å². The number of benzene rings is 2. The largest absolute Gasteiger partial charge is 0.484 e. The van der Waals surface area contributed by atoms with Crippen LogP contribution in [0.15, 0.2) is 54.6 Å². The van der Waals surface area contributed by atoms with Gasteiger partial charge < -0.3 is 10.1 Å². The van der Waals surface area contributed by atoms with E-state index in [1.807, 2.05) is 51.1 Å². The number of carbonyl (C=O) groups is 2. The van der Waals surface area contributed by atoms with Crippen molar-refractivity contribution >= 4 is 17.4 Å². The lowest BCUT2D eigenvalue weighted by atomic mass is 10.1. The third kappa shape index (κ3) is 4.28. The third-order valence-electron chi connectivity index (χ3n) is 4.42. The van der Waals surface area contributed by atoms with E-state index in [4.69, 9.17) is 4.74 Å². The first-order valence-electron chi connectivity index (χ1n) is 9.17. The molecule has 0 aliphatic carbocycles. The summed E-state index contributed by atoms with van der Waals surface area (Å²) in [5, 5.41) is 7.39. The fourth-order valence-corrected chi connectivity index (χ4v) is 2.91. The van der Waals surface area contributed by atoms with E-state index in [2.05, 4.69) is 10.4 Å². The summed E-state index contributed by atoms with van der Waals surface area (Å²) in [4.78, 5) is 24.0. The Bertz CT molecular complexity index is 976. The second kappa shape index (κ2) is 8.52. The van der Waals surface area contributed by atoms with Crippen molar-refractivity contribution < 1.29 is 14.3 Å². The predicted octanol–water partition coefficient (Wildman–Crippen LogP) is 4.10. The molecule has 0 atom stereocenters. The summed E-state index contributed by atoms with van der Waals surface area (Å²) in [6.45, 7) is 5.46. The van der Waals surface area contributed by atoms with Gasteiger partial charge in [-0.25, -0.2) is 4.68 Å². The predicted molar refractivity (Wildman–Crippen MR) is 108 cm³/mol.